The summed E-state index contributed by atoms with van der Waals surface area (Å²) in [6.45, 7) is 4.00. The van der Waals surface area contributed by atoms with Gasteiger partial charge in [-0.2, -0.15) is 0 Å². The molecule has 0 bridgehead atoms. The first-order chi connectivity index (χ1) is 7.45. The van der Waals surface area contributed by atoms with Crippen LogP contribution in [0.2, 0.25) is 0 Å². The van der Waals surface area contributed by atoms with Crippen LogP contribution in [0.1, 0.15) is 39.4 Å². The minimum absolute atomic E-state index is 0. The fourth-order valence-corrected chi connectivity index (χ4v) is 2.36. The van der Waals surface area contributed by atoms with E-state index in [0.717, 1.165) is 0 Å². The second-order valence-corrected chi connectivity index (χ2v) is 3.83. The first-order valence-electron chi connectivity index (χ1n) is 6.03. The maximum Gasteiger partial charge on any atom is 0.0458 e. The molecule has 0 amide bonds. The predicted molar refractivity (Wildman–Crippen MR) is 68.4 cm³/mol. The molecule has 1 aliphatic carbocycles. The molecule has 1 heterocycles. The van der Waals surface area contributed by atoms with Gasteiger partial charge in [-0.3, -0.25) is 0 Å². The third-order valence-electron chi connectivity index (χ3n) is 3.01. The Bertz CT molecular complexity index is 445. The van der Waals surface area contributed by atoms with Gasteiger partial charge in [-0.05, 0) is 37.3 Å². The summed E-state index contributed by atoms with van der Waals surface area (Å²) in [6.07, 6.45) is 5.21. The van der Waals surface area contributed by atoms with Crippen LogP contribution >= 0.6 is 0 Å². The van der Waals surface area contributed by atoms with Gasteiger partial charge in [0, 0.05) is 18.0 Å². The average Bonchev–Trinajstić information content (AvgIpc) is 2.70. The third-order valence-corrected chi connectivity index (χ3v) is 3.01. The largest absolute Gasteiger partial charge is 0.358 e. The van der Waals surface area contributed by atoms with Crippen LogP contribution in [0.5, 0.6) is 0 Å². The van der Waals surface area contributed by atoms with Gasteiger partial charge in [-0.1, -0.05) is 32.0 Å². The molecule has 1 aromatic carbocycles. The summed E-state index contributed by atoms with van der Waals surface area (Å²) in [5.74, 6) is 0. The van der Waals surface area contributed by atoms with Crippen LogP contribution in [0.3, 0.4) is 0 Å². The minimum Gasteiger partial charge on any atom is -0.358 e. The molecule has 0 saturated carbocycles. The molecule has 1 nitrogen and oxygen atoms in total. The molecular formula is C14H21N. The molecule has 3 rings (SSSR count). The fraction of sp³-hybridized carbons (Fsp3) is 0.429. The Morgan fingerprint density at radius 1 is 1.07 bits per heavy atom. The van der Waals surface area contributed by atoms with Crippen molar-refractivity contribution in [3.63, 3.8) is 0 Å². The summed E-state index contributed by atoms with van der Waals surface area (Å²) in [7, 11) is 0. The van der Waals surface area contributed by atoms with Crippen LogP contribution in [-0.2, 0) is 12.8 Å². The average molecular weight is 203 g/mol. The summed E-state index contributed by atoms with van der Waals surface area (Å²) in [5.41, 5.74) is 4.36. The van der Waals surface area contributed by atoms with Crippen LogP contribution in [0.25, 0.3) is 10.9 Å². The van der Waals surface area contributed by atoms with E-state index in [1.807, 2.05) is 13.8 Å². The summed E-state index contributed by atoms with van der Waals surface area (Å²) < 4.78 is 0. The SMILES string of the molecule is CC.[HH].c1ccc2c3c([nH]c2c1)CCCC3. The summed E-state index contributed by atoms with van der Waals surface area (Å²) in [6, 6.07) is 8.64. The molecule has 0 radical (unpaired) electrons. The number of hydrogen-bond acceptors (Lipinski definition) is 0. The van der Waals surface area contributed by atoms with Crippen molar-refractivity contribution in [1.82, 2.24) is 4.98 Å². The standard InChI is InChI=1S/C12H13N.C2H6.H2/c1-3-7-11-9(5-1)10-6-2-4-8-12(10)13-11;1-2;/h1,3,5,7,13H,2,4,6,8H2;1-2H3;1H. The van der Waals surface area contributed by atoms with Gasteiger partial charge >= 0.3 is 0 Å². The number of aromatic nitrogens is 1. The van der Waals surface area contributed by atoms with Crippen molar-refractivity contribution >= 4 is 10.9 Å². The lowest BCUT2D eigenvalue weighted by Gasteiger charge is -2.10. The lowest BCUT2D eigenvalue weighted by Crippen LogP contribution is -1.99. The highest BCUT2D eigenvalue weighted by Gasteiger charge is 2.13. The number of para-hydroxylation sites is 1. The Morgan fingerprint density at radius 2 is 1.80 bits per heavy atom. The Morgan fingerprint density at radius 3 is 2.67 bits per heavy atom. The fourth-order valence-electron chi connectivity index (χ4n) is 2.36. The zero-order valence-corrected chi connectivity index (χ0v) is 9.64. The number of nitrogens with one attached hydrogen (secondary N) is 1. The van der Waals surface area contributed by atoms with E-state index in [0.29, 0.717) is 0 Å². The zero-order valence-electron chi connectivity index (χ0n) is 9.64. The summed E-state index contributed by atoms with van der Waals surface area (Å²) in [5, 5.41) is 1.44. The van der Waals surface area contributed by atoms with E-state index in [2.05, 4.69) is 29.2 Å². The number of aryl methyl sites for hydroxylation is 2. The summed E-state index contributed by atoms with van der Waals surface area (Å²) in [4.78, 5) is 3.52. The molecule has 1 N–H and O–H groups in total. The molecule has 2 aromatic rings. The highest BCUT2D eigenvalue weighted by molar-refractivity contribution is 5.84. The van der Waals surface area contributed by atoms with Crippen molar-refractivity contribution in [2.45, 2.75) is 39.5 Å². The quantitative estimate of drug-likeness (QED) is 0.656. The van der Waals surface area contributed by atoms with Crippen LogP contribution in [0.15, 0.2) is 24.3 Å². The number of H-pyrrole nitrogens is 1. The normalized spacial score (nSPS) is 14.3. The van der Waals surface area contributed by atoms with Crippen LogP contribution in [0.4, 0.5) is 0 Å². The Balaban J connectivity index is 0.000000406. The lowest BCUT2D eigenvalue weighted by molar-refractivity contribution is 0.680. The van der Waals surface area contributed by atoms with E-state index in [4.69, 9.17) is 0 Å². The van der Waals surface area contributed by atoms with Crippen molar-refractivity contribution in [2.24, 2.45) is 0 Å². The molecule has 1 aliphatic rings. The van der Waals surface area contributed by atoms with E-state index < -0.39 is 0 Å². The first-order valence-corrected chi connectivity index (χ1v) is 6.03. The van der Waals surface area contributed by atoms with Gasteiger partial charge in [0.1, 0.15) is 0 Å². The number of fused-ring (bicyclic) bond motifs is 3. The molecule has 82 valence electrons. The number of rotatable bonds is 0. The smallest absolute Gasteiger partial charge is 0.0458 e. The number of hydrogen-bond donors (Lipinski definition) is 1. The second kappa shape index (κ2) is 4.52. The van der Waals surface area contributed by atoms with E-state index in [1.165, 1.54) is 42.3 Å². The maximum absolute atomic E-state index is 3.52. The summed E-state index contributed by atoms with van der Waals surface area (Å²) >= 11 is 0. The zero-order chi connectivity index (χ0) is 10.7. The highest BCUT2D eigenvalue weighted by atomic mass is 14.7. The van der Waals surface area contributed by atoms with Gasteiger partial charge < -0.3 is 4.98 Å². The monoisotopic (exact) mass is 203 g/mol. The molecule has 0 atom stereocenters. The van der Waals surface area contributed by atoms with Gasteiger partial charge in [-0.15, -0.1) is 0 Å². The Labute approximate surface area is 93.0 Å². The van der Waals surface area contributed by atoms with E-state index >= 15 is 0 Å². The van der Waals surface area contributed by atoms with Crippen LogP contribution < -0.4 is 0 Å². The predicted octanol–water partition coefficient (Wildman–Crippen LogP) is 4.32. The number of aromatic amines is 1. The van der Waals surface area contributed by atoms with E-state index in [-0.39, 0.29) is 1.43 Å². The number of benzene rings is 1. The molecule has 0 spiro atoms. The molecule has 1 heteroatoms. The van der Waals surface area contributed by atoms with Crippen LogP contribution in [0, 0.1) is 0 Å². The molecule has 0 unspecified atom stereocenters. The van der Waals surface area contributed by atoms with Crippen molar-refractivity contribution in [1.29, 1.82) is 0 Å². The Hall–Kier alpha value is -1.24. The third kappa shape index (κ3) is 1.79. The van der Waals surface area contributed by atoms with Gasteiger partial charge in [-0.25, -0.2) is 0 Å². The van der Waals surface area contributed by atoms with Gasteiger partial charge in [0.2, 0.25) is 0 Å². The first kappa shape index (κ1) is 10.3. The molecule has 1 aromatic heterocycles. The lowest BCUT2D eigenvalue weighted by atomic mass is 9.96. The topological polar surface area (TPSA) is 15.8 Å². The van der Waals surface area contributed by atoms with Gasteiger partial charge in [0.05, 0.1) is 0 Å². The second-order valence-electron chi connectivity index (χ2n) is 3.83. The molecule has 15 heavy (non-hydrogen) atoms. The minimum atomic E-state index is 0. The molecule has 0 saturated heterocycles. The van der Waals surface area contributed by atoms with E-state index in [1.54, 1.807) is 5.56 Å². The van der Waals surface area contributed by atoms with Gasteiger partial charge in [0.25, 0.3) is 0 Å². The Kier molecular flexibility index (Phi) is 3.10. The van der Waals surface area contributed by atoms with Crippen LogP contribution in [-0.4, -0.2) is 4.98 Å². The van der Waals surface area contributed by atoms with Crippen molar-refractivity contribution in [3.05, 3.63) is 35.5 Å². The molecular weight excluding hydrogens is 182 g/mol. The maximum atomic E-state index is 3.52. The van der Waals surface area contributed by atoms with Crippen molar-refractivity contribution in [3.8, 4) is 0 Å². The van der Waals surface area contributed by atoms with Crippen molar-refractivity contribution < 1.29 is 1.43 Å². The van der Waals surface area contributed by atoms with Crippen molar-refractivity contribution in [2.75, 3.05) is 0 Å². The van der Waals surface area contributed by atoms with E-state index in [9.17, 15) is 0 Å². The highest BCUT2D eigenvalue weighted by Crippen LogP contribution is 2.28. The molecule has 0 fully saturated rings. The molecule has 0 aliphatic heterocycles. The van der Waals surface area contributed by atoms with Gasteiger partial charge in [0.15, 0.2) is 0 Å².